The standard InChI is InChI=1S/C14H19NO2/c1-3-4-8-15-9-7-11-5-6-12(10-13(11)15)14(16)17-2/h5-6,10H,3-4,7-9H2,1-2H3. The van der Waals surface area contributed by atoms with E-state index in [0.717, 1.165) is 19.5 Å². The van der Waals surface area contributed by atoms with Crippen molar-refractivity contribution in [1.82, 2.24) is 0 Å². The molecule has 2 rings (SSSR count). The van der Waals surface area contributed by atoms with Crippen molar-refractivity contribution in [2.45, 2.75) is 26.2 Å². The first-order valence-corrected chi connectivity index (χ1v) is 6.22. The SMILES string of the molecule is CCCCN1CCc2ccc(C(=O)OC)cc21. The number of nitrogens with zero attached hydrogens (tertiary/aromatic N) is 1. The molecule has 92 valence electrons. The molecule has 3 nitrogen and oxygen atoms in total. The lowest BCUT2D eigenvalue weighted by molar-refractivity contribution is 0.0601. The van der Waals surface area contributed by atoms with E-state index in [2.05, 4.69) is 11.8 Å². The topological polar surface area (TPSA) is 29.5 Å². The summed E-state index contributed by atoms with van der Waals surface area (Å²) in [4.78, 5) is 13.9. The largest absolute Gasteiger partial charge is 0.465 e. The second kappa shape index (κ2) is 5.21. The fraction of sp³-hybridized carbons (Fsp3) is 0.500. The number of fused-ring (bicyclic) bond motifs is 1. The van der Waals surface area contributed by atoms with Gasteiger partial charge in [0.25, 0.3) is 0 Å². The first-order chi connectivity index (χ1) is 8.26. The van der Waals surface area contributed by atoms with Crippen LogP contribution in [0.15, 0.2) is 18.2 Å². The molecule has 0 saturated carbocycles. The molecular weight excluding hydrogens is 214 g/mol. The van der Waals surface area contributed by atoms with E-state index >= 15 is 0 Å². The zero-order valence-electron chi connectivity index (χ0n) is 10.5. The molecule has 0 fully saturated rings. The number of carbonyl (C=O) groups is 1. The maximum absolute atomic E-state index is 11.5. The van der Waals surface area contributed by atoms with Gasteiger partial charge in [0.15, 0.2) is 0 Å². The maximum atomic E-state index is 11.5. The molecule has 1 aliphatic rings. The van der Waals surface area contributed by atoms with Crippen molar-refractivity contribution in [1.29, 1.82) is 0 Å². The van der Waals surface area contributed by atoms with E-state index in [1.54, 1.807) is 0 Å². The number of carbonyl (C=O) groups excluding carboxylic acids is 1. The minimum absolute atomic E-state index is 0.254. The summed E-state index contributed by atoms with van der Waals surface area (Å²) in [6.45, 7) is 4.34. The lowest BCUT2D eigenvalue weighted by Gasteiger charge is -2.19. The highest BCUT2D eigenvalue weighted by atomic mass is 16.5. The highest BCUT2D eigenvalue weighted by Gasteiger charge is 2.20. The molecule has 17 heavy (non-hydrogen) atoms. The Labute approximate surface area is 102 Å². The Morgan fingerprint density at radius 1 is 1.47 bits per heavy atom. The first-order valence-electron chi connectivity index (χ1n) is 6.22. The molecule has 0 aliphatic carbocycles. The van der Waals surface area contributed by atoms with E-state index < -0.39 is 0 Å². The van der Waals surface area contributed by atoms with Crippen LogP contribution in [0.25, 0.3) is 0 Å². The summed E-state index contributed by atoms with van der Waals surface area (Å²) >= 11 is 0. The minimum Gasteiger partial charge on any atom is -0.465 e. The monoisotopic (exact) mass is 233 g/mol. The normalized spacial score (nSPS) is 13.6. The van der Waals surface area contributed by atoms with Gasteiger partial charge in [-0.05, 0) is 30.5 Å². The number of methoxy groups -OCH3 is 1. The predicted octanol–water partition coefficient (Wildman–Crippen LogP) is 2.64. The van der Waals surface area contributed by atoms with Crippen molar-refractivity contribution >= 4 is 11.7 Å². The molecule has 0 spiro atoms. The molecule has 0 radical (unpaired) electrons. The molecule has 0 amide bonds. The Hall–Kier alpha value is -1.51. The summed E-state index contributed by atoms with van der Waals surface area (Å²) in [5.41, 5.74) is 3.20. The molecule has 3 heteroatoms. The third-order valence-electron chi connectivity index (χ3n) is 3.28. The number of unbranched alkanes of at least 4 members (excludes halogenated alkanes) is 1. The predicted molar refractivity (Wildman–Crippen MR) is 68.6 cm³/mol. The van der Waals surface area contributed by atoms with Crippen LogP contribution >= 0.6 is 0 Å². The number of esters is 1. The van der Waals surface area contributed by atoms with Crippen molar-refractivity contribution in [3.63, 3.8) is 0 Å². The van der Waals surface area contributed by atoms with Crippen LogP contribution in [0.4, 0.5) is 5.69 Å². The molecular formula is C14H19NO2. The average molecular weight is 233 g/mol. The van der Waals surface area contributed by atoms with Crippen LogP contribution in [0.5, 0.6) is 0 Å². The van der Waals surface area contributed by atoms with Gasteiger partial charge in [0.1, 0.15) is 0 Å². The van der Waals surface area contributed by atoms with Gasteiger partial charge in [0.05, 0.1) is 12.7 Å². The van der Waals surface area contributed by atoms with Crippen molar-refractivity contribution in [3.8, 4) is 0 Å². The molecule has 1 aromatic rings. The van der Waals surface area contributed by atoms with E-state index in [4.69, 9.17) is 4.74 Å². The highest BCUT2D eigenvalue weighted by Crippen LogP contribution is 2.29. The number of benzene rings is 1. The van der Waals surface area contributed by atoms with Crippen LogP contribution in [0.2, 0.25) is 0 Å². The van der Waals surface area contributed by atoms with Crippen LogP contribution < -0.4 is 4.90 Å². The first kappa shape index (κ1) is 12.0. The quantitative estimate of drug-likeness (QED) is 0.749. The van der Waals surface area contributed by atoms with Crippen LogP contribution in [0.1, 0.15) is 35.7 Å². The van der Waals surface area contributed by atoms with Crippen LogP contribution in [-0.2, 0) is 11.2 Å². The Morgan fingerprint density at radius 3 is 3.00 bits per heavy atom. The smallest absolute Gasteiger partial charge is 0.337 e. The van der Waals surface area contributed by atoms with Gasteiger partial charge in [-0.2, -0.15) is 0 Å². The van der Waals surface area contributed by atoms with E-state index in [0.29, 0.717) is 5.56 Å². The Morgan fingerprint density at radius 2 is 2.29 bits per heavy atom. The van der Waals surface area contributed by atoms with Crippen LogP contribution in [0, 0.1) is 0 Å². The Bertz CT molecular complexity index is 415. The molecule has 0 atom stereocenters. The second-order valence-electron chi connectivity index (χ2n) is 4.43. The summed E-state index contributed by atoms with van der Waals surface area (Å²) in [5.74, 6) is -0.254. The van der Waals surface area contributed by atoms with E-state index in [1.807, 2.05) is 18.2 Å². The van der Waals surface area contributed by atoms with Gasteiger partial charge in [0.2, 0.25) is 0 Å². The molecule has 0 N–H and O–H groups in total. The fourth-order valence-electron chi connectivity index (χ4n) is 2.27. The highest BCUT2D eigenvalue weighted by molar-refractivity contribution is 5.91. The van der Waals surface area contributed by atoms with Gasteiger partial charge >= 0.3 is 5.97 Å². The fourth-order valence-corrected chi connectivity index (χ4v) is 2.27. The zero-order chi connectivity index (χ0) is 12.3. The van der Waals surface area contributed by atoms with Crippen molar-refractivity contribution in [2.75, 3.05) is 25.1 Å². The summed E-state index contributed by atoms with van der Waals surface area (Å²) in [7, 11) is 1.42. The Balaban J connectivity index is 2.21. The molecule has 0 bridgehead atoms. The average Bonchev–Trinajstić information content (AvgIpc) is 2.77. The molecule has 1 aliphatic heterocycles. The van der Waals surface area contributed by atoms with E-state index in [-0.39, 0.29) is 5.97 Å². The molecule has 1 heterocycles. The molecule has 0 saturated heterocycles. The minimum atomic E-state index is -0.254. The van der Waals surface area contributed by atoms with E-state index in [9.17, 15) is 4.79 Å². The van der Waals surface area contributed by atoms with Crippen molar-refractivity contribution in [3.05, 3.63) is 29.3 Å². The lowest BCUT2D eigenvalue weighted by Crippen LogP contribution is -2.21. The zero-order valence-corrected chi connectivity index (χ0v) is 10.5. The second-order valence-corrected chi connectivity index (χ2v) is 4.43. The van der Waals surface area contributed by atoms with Gasteiger partial charge in [0, 0.05) is 18.8 Å². The third kappa shape index (κ3) is 2.43. The Kier molecular flexibility index (Phi) is 3.67. The summed E-state index contributed by atoms with van der Waals surface area (Å²) < 4.78 is 4.75. The van der Waals surface area contributed by atoms with Crippen molar-refractivity contribution in [2.24, 2.45) is 0 Å². The van der Waals surface area contributed by atoms with Gasteiger partial charge in [-0.15, -0.1) is 0 Å². The van der Waals surface area contributed by atoms with Crippen molar-refractivity contribution < 1.29 is 9.53 Å². The van der Waals surface area contributed by atoms with Gasteiger partial charge in [-0.1, -0.05) is 19.4 Å². The lowest BCUT2D eigenvalue weighted by atomic mass is 10.1. The van der Waals surface area contributed by atoms with Gasteiger partial charge in [-0.25, -0.2) is 4.79 Å². The molecule has 0 aromatic heterocycles. The molecule has 1 aromatic carbocycles. The number of hydrogen-bond donors (Lipinski definition) is 0. The number of hydrogen-bond acceptors (Lipinski definition) is 3. The summed E-state index contributed by atoms with van der Waals surface area (Å²) in [6, 6.07) is 5.87. The van der Waals surface area contributed by atoms with Gasteiger partial charge < -0.3 is 9.64 Å². The van der Waals surface area contributed by atoms with E-state index in [1.165, 1.54) is 31.2 Å². The number of rotatable bonds is 4. The molecule has 0 unspecified atom stereocenters. The summed E-state index contributed by atoms with van der Waals surface area (Å²) in [6.07, 6.45) is 3.48. The number of anilines is 1. The van der Waals surface area contributed by atoms with Gasteiger partial charge in [-0.3, -0.25) is 0 Å². The van der Waals surface area contributed by atoms with Crippen LogP contribution in [-0.4, -0.2) is 26.2 Å². The third-order valence-corrected chi connectivity index (χ3v) is 3.28. The number of ether oxygens (including phenoxy) is 1. The summed E-state index contributed by atoms with van der Waals surface area (Å²) in [5, 5.41) is 0. The van der Waals surface area contributed by atoms with Crippen LogP contribution in [0.3, 0.4) is 0 Å². The maximum Gasteiger partial charge on any atom is 0.337 e.